The SMILES string of the molecule is CC(C)C(=O)Nc1nc2c(nnn2[C@@H]2C[C@@H]3CO[P@](=O)(S)O[C@@H]4[C@@H](CO[P@](=S)(OCCC#N)O[C@@H]2C3)C[C@@H](Nc2ccncn2)[C@@H]4F)c(=O)[nH]1. The lowest BCUT2D eigenvalue weighted by Crippen LogP contribution is -2.33. The molecule has 270 valence electrons. The number of aromatic amines is 1. The molecule has 0 aromatic carbocycles. The Kier molecular flexibility index (Phi) is 11.3. The number of nitrogens with zero attached hydrogens (tertiary/aromatic N) is 7. The molecule has 9 atom stereocenters. The van der Waals surface area contributed by atoms with Gasteiger partial charge < -0.3 is 23.4 Å². The number of carbonyl (C=O) groups is 1. The quantitative estimate of drug-likeness (QED) is 0.145. The van der Waals surface area contributed by atoms with E-state index in [9.17, 15) is 19.4 Å². The molecule has 1 aliphatic heterocycles. The van der Waals surface area contributed by atoms with Gasteiger partial charge in [0.05, 0.1) is 50.5 Å². The average molecular weight is 773 g/mol. The van der Waals surface area contributed by atoms with E-state index in [-0.39, 0.29) is 80.4 Å². The number of amides is 1. The number of hydrogen-bond acceptors (Lipinski definition) is 16. The molecule has 0 radical (unpaired) electrons. The summed E-state index contributed by atoms with van der Waals surface area (Å²) in [4.78, 5) is 40.2. The van der Waals surface area contributed by atoms with Crippen molar-refractivity contribution in [3.05, 3.63) is 28.9 Å². The number of rotatable bonds is 8. The van der Waals surface area contributed by atoms with Gasteiger partial charge in [-0.3, -0.25) is 24.4 Å². The molecule has 50 heavy (non-hydrogen) atoms. The maximum Gasteiger partial charge on any atom is 0.386 e. The third-order valence-electron chi connectivity index (χ3n) is 8.52. The molecule has 2 aliphatic carbocycles. The van der Waals surface area contributed by atoms with Crippen molar-refractivity contribution in [2.75, 3.05) is 30.5 Å². The fourth-order valence-corrected chi connectivity index (χ4v) is 9.86. The van der Waals surface area contributed by atoms with Crippen molar-refractivity contribution in [2.24, 2.45) is 17.8 Å². The summed E-state index contributed by atoms with van der Waals surface area (Å²) in [5, 5.41) is 23.0. The highest BCUT2D eigenvalue weighted by molar-refractivity contribution is 8.44. The highest BCUT2D eigenvalue weighted by Gasteiger charge is 2.50. The number of aromatic nitrogens is 7. The Hall–Kier alpha value is -2.92. The first kappa shape index (κ1) is 36.9. The Bertz CT molecular complexity index is 1900. The summed E-state index contributed by atoms with van der Waals surface area (Å²) in [5.41, 5.74) is -0.626. The van der Waals surface area contributed by atoms with Crippen LogP contribution in [0.25, 0.3) is 11.2 Å². The molecule has 1 saturated heterocycles. The van der Waals surface area contributed by atoms with Crippen LogP contribution in [-0.2, 0) is 43.8 Å². The van der Waals surface area contributed by atoms with Crippen molar-refractivity contribution in [1.82, 2.24) is 34.9 Å². The lowest BCUT2D eigenvalue weighted by Gasteiger charge is -2.30. The first-order valence-corrected chi connectivity index (χ1v) is 21.0. The predicted molar refractivity (Wildman–Crippen MR) is 182 cm³/mol. The molecule has 6 rings (SSSR count). The maximum absolute atomic E-state index is 16.0. The van der Waals surface area contributed by atoms with Gasteiger partial charge in [-0.2, -0.15) is 10.2 Å². The monoisotopic (exact) mass is 772 g/mol. The van der Waals surface area contributed by atoms with E-state index in [1.54, 1.807) is 19.9 Å². The number of nitrogens with one attached hydrogen (secondary N) is 3. The maximum atomic E-state index is 16.0. The molecule has 0 unspecified atom stereocenters. The molecule has 18 nitrogen and oxygen atoms in total. The lowest BCUT2D eigenvalue weighted by molar-refractivity contribution is -0.118. The van der Waals surface area contributed by atoms with E-state index in [0.717, 1.165) is 0 Å². The Labute approximate surface area is 295 Å². The largest absolute Gasteiger partial charge is 0.386 e. The summed E-state index contributed by atoms with van der Waals surface area (Å²) >= 11 is 10.0. The number of H-pyrrole nitrogens is 1. The average Bonchev–Trinajstić information content (AvgIpc) is 3.75. The molecule has 2 bridgehead atoms. The summed E-state index contributed by atoms with van der Waals surface area (Å²) in [6, 6.07) is 2.10. The standard InChI is InChI=1S/C27H35FN10O8P2S2/c1-14(2)25(39)34-27-33-24-22(26(40)35-27)36-37-38(24)18-8-15-9-19(18)45-48(50,42-7-3-5-29)44-12-16-10-17(32-20-4-6-30-13-31-20)21(28)23(16)46-47(41,49)43-11-15/h4,6,13-19,21,23H,3,7-12H2,1-2H3,(H,41,49)(H,30,31,32)(H2,33,34,35,39,40)/t15-,16+,17+,18+,19+,21-,23+,47-,48+/m0/s1. The summed E-state index contributed by atoms with van der Waals surface area (Å²) in [7, 11) is 0. The zero-order chi connectivity index (χ0) is 35.6. The molecule has 2 saturated carbocycles. The van der Waals surface area contributed by atoms with Crippen molar-refractivity contribution in [1.29, 1.82) is 5.26 Å². The van der Waals surface area contributed by atoms with E-state index in [0.29, 0.717) is 5.82 Å². The van der Waals surface area contributed by atoms with Crippen LogP contribution in [0.1, 0.15) is 45.6 Å². The van der Waals surface area contributed by atoms with Crippen molar-refractivity contribution in [3.8, 4) is 6.07 Å². The van der Waals surface area contributed by atoms with Crippen LogP contribution in [0, 0.1) is 29.1 Å². The van der Waals surface area contributed by atoms with Gasteiger partial charge in [-0.05, 0) is 43.1 Å². The van der Waals surface area contributed by atoms with Gasteiger partial charge in [0.2, 0.25) is 11.9 Å². The van der Waals surface area contributed by atoms with Crippen LogP contribution in [0.3, 0.4) is 0 Å². The number of halogens is 1. The highest BCUT2D eigenvalue weighted by atomic mass is 32.7. The molecule has 3 aliphatic rings. The minimum Gasteiger partial charge on any atom is -0.364 e. The zero-order valence-electron chi connectivity index (χ0n) is 26.8. The Morgan fingerprint density at radius 2 is 2.12 bits per heavy atom. The number of fused-ring (bicyclic) bond motifs is 4. The van der Waals surface area contributed by atoms with Crippen LogP contribution < -0.4 is 16.2 Å². The fraction of sp³-hybridized carbons (Fsp3) is 0.630. The van der Waals surface area contributed by atoms with E-state index < -0.39 is 55.5 Å². The first-order chi connectivity index (χ1) is 23.8. The number of alkyl halides is 1. The molecule has 4 heterocycles. The summed E-state index contributed by atoms with van der Waals surface area (Å²) in [6.07, 6.45) is -0.169. The number of anilines is 2. The van der Waals surface area contributed by atoms with E-state index in [1.165, 1.54) is 17.2 Å². The number of nitriles is 1. The Morgan fingerprint density at radius 1 is 1.30 bits per heavy atom. The predicted octanol–water partition coefficient (Wildman–Crippen LogP) is 3.70. The van der Waals surface area contributed by atoms with Crippen molar-refractivity contribution >= 4 is 66.4 Å². The van der Waals surface area contributed by atoms with E-state index in [4.69, 9.17) is 34.4 Å². The van der Waals surface area contributed by atoms with Crippen LogP contribution in [0.2, 0.25) is 0 Å². The number of thiol groups is 1. The second-order valence-electron chi connectivity index (χ2n) is 12.4. The molecule has 3 aromatic rings. The smallest absolute Gasteiger partial charge is 0.364 e. The molecule has 3 N–H and O–H groups in total. The summed E-state index contributed by atoms with van der Waals surface area (Å²) in [6.45, 7) is -4.83. The van der Waals surface area contributed by atoms with Gasteiger partial charge in [-0.15, -0.1) is 5.10 Å². The van der Waals surface area contributed by atoms with Crippen LogP contribution >= 0.6 is 25.8 Å². The fourth-order valence-electron chi connectivity index (χ4n) is 6.09. The van der Waals surface area contributed by atoms with Crippen LogP contribution in [0.4, 0.5) is 16.2 Å². The van der Waals surface area contributed by atoms with Crippen molar-refractivity contribution in [2.45, 2.75) is 70.0 Å². The number of carbonyl (C=O) groups excluding carboxylic acids is 1. The minimum atomic E-state index is -4.12. The zero-order valence-corrected chi connectivity index (χ0v) is 30.3. The van der Waals surface area contributed by atoms with Crippen LogP contribution in [-0.4, -0.2) is 85.1 Å². The lowest BCUT2D eigenvalue weighted by atomic mass is 10.1. The van der Waals surface area contributed by atoms with Gasteiger partial charge in [0, 0.05) is 18.0 Å². The second kappa shape index (κ2) is 15.4. The van der Waals surface area contributed by atoms with Crippen molar-refractivity contribution < 1.29 is 36.4 Å². The minimum absolute atomic E-state index is 0.00354. The van der Waals surface area contributed by atoms with Crippen molar-refractivity contribution in [3.63, 3.8) is 0 Å². The first-order valence-electron chi connectivity index (χ1n) is 15.8. The summed E-state index contributed by atoms with van der Waals surface area (Å²) < 4.78 is 61.0. The van der Waals surface area contributed by atoms with Crippen LogP contribution in [0.5, 0.6) is 0 Å². The van der Waals surface area contributed by atoms with Gasteiger partial charge in [0.15, 0.2) is 11.2 Å². The van der Waals surface area contributed by atoms with E-state index in [1.807, 2.05) is 6.07 Å². The van der Waals surface area contributed by atoms with Gasteiger partial charge in [0.1, 0.15) is 24.4 Å². The van der Waals surface area contributed by atoms with Gasteiger partial charge >= 0.3 is 13.5 Å². The summed E-state index contributed by atoms with van der Waals surface area (Å²) in [5.74, 6) is -1.51. The Morgan fingerprint density at radius 3 is 2.86 bits per heavy atom. The van der Waals surface area contributed by atoms with E-state index in [2.05, 4.69) is 53.1 Å². The van der Waals surface area contributed by atoms with Crippen LogP contribution in [0.15, 0.2) is 23.4 Å². The van der Waals surface area contributed by atoms with Gasteiger partial charge in [-0.1, -0.05) is 31.3 Å². The molecule has 3 aromatic heterocycles. The highest BCUT2D eigenvalue weighted by Crippen LogP contribution is 2.60. The van der Waals surface area contributed by atoms with Gasteiger partial charge in [-0.25, -0.2) is 23.6 Å². The third kappa shape index (κ3) is 8.41. The van der Waals surface area contributed by atoms with Gasteiger partial charge in [0.25, 0.3) is 5.56 Å². The molecule has 1 amide bonds. The molecular weight excluding hydrogens is 737 g/mol. The third-order valence-corrected chi connectivity index (χ3v) is 12.5. The Balaban J connectivity index is 1.31. The molecular formula is C27H35FN10O8P2S2. The number of hydrogen-bond donors (Lipinski definition) is 4. The normalized spacial score (nSPS) is 33.2. The second-order valence-corrected chi connectivity index (χ2v) is 18.3. The molecule has 0 spiro atoms. The molecule has 3 fully saturated rings. The van der Waals surface area contributed by atoms with E-state index >= 15 is 4.39 Å². The molecule has 23 heteroatoms. The topological polar surface area (TPSA) is 230 Å².